The lowest BCUT2D eigenvalue weighted by molar-refractivity contribution is 0.253. The Labute approximate surface area is 99.8 Å². The van der Waals surface area contributed by atoms with Crippen molar-refractivity contribution in [3.8, 4) is 0 Å². The Hall–Kier alpha value is 0.150. The van der Waals surface area contributed by atoms with Gasteiger partial charge < -0.3 is 9.79 Å². The van der Waals surface area contributed by atoms with E-state index < -0.39 is 13.3 Å². The maximum absolute atomic E-state index is 11.5. The third-order valence-electron chi connectivity index (χ3n) is 3.55. The molecular weight excluding hydrogens is 223 g/mol. The highest BCUT2D eigenvalue weighted by atomic mass is 31.2. The lowest BCUT2D eigenvalue weighted by Gasteiger charge is -2.32. The first-order valence-corrected chi connectivity index (χ1v) is 7.87. The van der Waals surface area contributed by atoms with Gasteiger partial charge in [0.25, 0.3) is 0 Å². The predicted molar refractivity (Wildman–Crippen MR) is 68.6 cm³/mol. The molecule has 2 N–H and O–H groups in total. The smallest absolute Gasteiger partial charge is 0.324 e. The van der Waals surface area contributed by atoms with Crippen LogP contribution in [0.3, 0.4) is 0 Å². The Morgan fingerprint density at radius 1 is 1.25 bits per heavy atom. The Balaban J connectivity index is 4.77. The van der Waals surface area contributed by atoms with Gasteiger partial charge in [0.15, 0.2) is 0 Å². The third-order valence-corrected chi connectivity index (χ3v) is 5.11. The van der Waals surface area contributed by atoms with Gasteiger partial charge in [-0.1, -0.05) is 53.9 Å². The lowest BCUT2D eigenvalue weighted by atomic mass is 9.82. The Bertz CT molecular complexity index is 245. The van der Waals surface area contributed by atoms with E-state index in [0.29, 0.717) is 6.42 Å². The molecule has 98 valence electrons. The van der Waals surface area contributed by atoms with E-state index in [1.165, 1.54) is 0 Å². The number of rotatable bonds is 7. The zero-order valence-electron chi connectivity index (χ0n) is 11.2. The van der Waals surface area contributed by atoms with Crippen molar-refractivity contribution in [1.29, 1.82) is 0 Å². The van der Waals surface area contributed by atoms with Crippen molar-refractivity contribution < 1.29 is 14.4 Å². The van der Waals surface area contributed by atoms with Gasteiger partial charge in [-0.25, -0.2) is 0 Å². The minimum Gasteiger partial charge on any atom is -0.324 e. The summed E-state index contributed by atoms with van der Waals surface area (Å²) in [5.74, 6) is 0.0941. The standard InChI is InChI=1S/C12H27O3P/c1-6-8-10(3)11(16(13,14)15)9-12(4,5)7-2/h10-11H,6-9H2,1-5H3,(H2,13,14,15). The molecule has 0 amide bonds. The summed E-state index contributed by atoms with van der Waals surface area (Å²) >= 11 is 0. The van der Waals surface area contributed by atoms with E-state index in [2.05, 4.69) is 27.7 Å². The zero-order valence-corrected chi connectivity index (χ0v) is 12.1. The largest absolute Gasteiger partial charge is 0.328 e. The highest BCUT2D eigenvalue weighted by Gasteiger charge is 2.37. The number of hydrogen-bond acceptors (Lipinski definition) is 1. The summed E-state index contributed by atoms with van der Waals surface area (Å²) in [6.45, 7) is 10.2. The highest BCUT2D eigenvalue weighted by Crippen LogP contribution is 2.51. The van der Waals surface area contributed by atoms with Crippen LogP contribution in [0.2, 0.25) is 0 Å². The van der Waals surface area contributed by atoms with Crippen molar-refractivity contribution in [3.05, 3.63) is 0 Å². The molecule has 0 rings (SSSR count). The molecule has 0 aromatic heterocycles. The van der Waals surface area contributed by atoms with Crippen molar-refractivity contribution in [3.63, 3.8) is 0 Å². The molecule has 0 aliphatic rings. The summed E-state index contributed by atoms with van der Waals surface area (Å²) < 4.78 is 11.5. The minimum atomic E-state index is -3.97. The van der Waals surface area contributed by atoms with Gasteiger partial charge in [0.2, 0.25) is 0 Å². The monoisotopic (exact) mass is 250 g/mol. The lowest BCUT2D eigenvalue weighted by Crippen LogP contribution is -2.26. The van der Waals surface area contributed by atoms with E-state index in [1.807, 2.05) is 6.92 Å². The summed E-state index contributed by atoms with van der Waals surface area (Å²) in [5.41, 5.74) is -0.476. The normalized spacial score (nSPS) is 17.2. The maximum Gasteiger partial charge on any atom is 0.328 e. The first-order chi connectivity index (χ1) is 7.14. The SMILES string of the molecule is CCCC(C)C(CC(C)(C)CC)P(=O)(O)O. The van der Waals surface area contributed by atoms with Crippen LogP contribution >= 0.6 is 7.60 Å². The highest BCUT2D eigenvalue weighted by molar-refractivity contribution is 7.52. The van der Waals surface area contributed by atoms with Crippen LogP contribution in [0.15, 0.2) is 0 Å². The molecule has 0 aliphatic carbocycles. The molecule has 2 atom stereocenters. The first-order valence-electron chi connectivity index (χ1n) is 6.19. The van der Waals surface area contributed by atoms with Crippen LogP contribution in [-0.4, -0.2) is 15.4 Å². The Morgan fingerprint density at radius 2 is 1.75 bits per heavy atom. The maximum atomic E-state index is 11.5. The van der Waals surface area contributed by atoms with Gasteiger partial charge in [-0.2, -0.15) is 0 Å². The van der Waals surface area contributed by atoms with Crippen LogP contribution in [0, 0.1) is 11.3 Å². The van der Waals surface area contributed by atoms with Crippen molar-refractivity contribution in [2.45, 2.75) is 66.0 Å². The van der Waals surface area contributed by atoms with E-state index >= 15 is 0 Å². The van der Waals surface area contributed by atoms with Gasteiger partial charge in [0.05, 0.1) is 5.66 Å². The molecule has 2 unspecified atom stereocenters. The zero-order chi connectivity index (χ0) is 13.0. The van der Waals surface area contributed by atoms with Gasteiger partial charge in [-0.15, -0.1) is 0 Å². The van der Waals surface area contributed by atoms with Crippen LogP contribution < -0.4 is 0 Å². The molecule has 0 aromatic rings. The quantitative estimate of drug-likeness (QED) is 0.676. The second kappa shape index (κ2) is 6.18. The second-order valence-corrected chi connectivity index (χ2v) is 7.49. The third kappa shape index (κ3) is 5.47. The van der Waals surface area contributed by atoms with Crippen LogP contribution in [-0.2, 0) is 4.57 Å². The van der Waals surface area contributed by atoms with Gasteiger partial charge in [-0.3, -0.25) is 4.57 Å². The van der Waals surface area contributed by atoms with Crippen molar-refractivity contribution in [2.75, 3.05) is 0 Å². The van der Waals surface area contributed by atoms with Gasteiger partial charge >= 0.3 is 7.60 Å². The molecule has 4 heteroatoms. The average molecular weight is 250 g/mol. The minimum absolute atomic E-state index is 0.00773. The predicted octanol–water partition coefficient (Wildman–Crippen LogP) is 3.80. The Kier molecular flexibility index (Phi) is 6.24. The molecule has 0 heterocycles. The molecule has 0 aromatic carbocycles. The molecule has 0 bridgehead atoms. The summed E-state index contributed by atoms with van der Waals surface area (Å²) in [6, 6.07) is 0. The van der Waals surface area contributed by atoms with E-state index in [9.17, 15) is 14.4 Å². The summed E-state index contributed by atoms with van der Waals surface area (Å²) in [4.78, 5) is 18.9. The number of hydrogen-bond donors (Lipinski definition) is 2. The van der Waals surface area contributed by atoms with Crippen molar-refractivity contribution >= 4 is 7.60 Å². The first kappa shape index (κ1) is 16.1. The molecule has 0 spiro atoms. The van der Waals surface area contributed by atoms with Gasteiger partial charge in [0, 0.05) is 0 Å². The van der Waals surface area contributed by atoms with Gasteiger partial charge in [0.1, 0.15) is 0 Å². The van der Waals surface area contributed by atoms with E-state index in [0.717, 1.165) is 19.3 Å². The van der Waals surface area contributed by atoms with Crippen LogP contribution in [0.5, 0.6) is 0 Å². The van der Waals surface area contributed by atoms with Gasteiger partial charge in [-0.05, 0) is 17.8 Å². The van der Waals surface area contributed by atoms with E-state index in [1.54, 1.807) is 0 Å². The summed E-state index contributed by atoms with van der Waals surface area (Å²) in [5, 5.41) is 0. The van der Waals surface area contributed by atoms with E-state index in [-0.39, 0.29) is 11.3 Å². The summed E-state index contributed by atoms with van der Waals surface area (Å²) in [6.07, 6.45) is 3.41. The molecule has 0 aliphatic heterocycles. The molecule has 3 nitrogen and oxygen atoms in total. The fraction of sp³-hybridized carbons (Fsp3) is 1.00. The van der Waals surface area contributed by atoms with Crippen LogP contribution in [0.25, 0.3) is 0 Å². The average Bonchev–Trinajstić information content (AvgIpc) is 2.13. The molecule has 0 fully saturated rings. The molecule has 0 radical (unpaired) electrons. The van der Waals surface area contributed by atoms with E-state index in [4.69, 9.17) is 0 Å². The molecule has 0 saturated heterocycles. The van der Waals surface area contributed by atoms with Crippen LogP contribution in [0.4, 0.5) is 0 Å². The molecular formula is C12H27O3P. The van der Waals surface area contributed by atoms with Crippen LogP contribution in [0.1, 0.15) is 60.3 Å². The Morgan fingerprint density at radius 3 is 2.06 bits per heavy atom. The van der Waals surface area contributed by atoms with Crippen molar-refractivity contribution in [2.24, 2.45) is 11.3 Å². The fourth-order valence-electron chi connectivity index (χ4n) is 2.01. The topological polar surface area (TPSA) is 57.5 Å². The molecule has 16 heavy (non-hydrogen) atoms. The van der Waals surface area contributed by atoms with Crippen molar-refractivity contribution in [1.82, 2.24) is 0 Å². The fourth-order valence-corrected chi connectivity index (χ4v) is 3.55. The second-order valence-electron chi connectivity index (χ2n) is 5.64. The summed E-state index contributed by atoms with van der Waals surface area (Å²) in [7, 11) is -3.97. The molecule has 0 saturated carbocycles.